The van der Waals surface area contributed by atoms with E-state index >= 15 is 0 Å². The van der Waals surface area contributed by atoms with E-state index in [2.05, 4.69) is 22.9 Å². The number of hydrogen-bond donors (Lipinski definition) is 0. The minimum Gasteiger partial charge on any atom is -0.427 e. The van der Waals surface area contributed by atoms with Gasteiger partial charge in [0.05, 0.1) is 0 Å². The summed E-state index contributed by atoms with van der Waals surface area (Å²) in [6, 6.07) is 15.5. The van der Waals surface area contributed by atoms with Gasteiger partial charge in [0.2, 0.25) is 11.5 Å². The maximum atomic E-state index is 13.4. The number of imide groups is 1. The molecule has 1 saturated heterocycles. The largest absolute Gasteiger partial charge is 0.427 e. The van der Waals surface area contributed by atoms with Crippen LogP contribution >= 0.6 is 15.9 Å². The molecule has 0 radical (unpaired) electrons. The number of fused-ring (bicyclic) bond motifs is 2. The van der Waals surface area contributed by atoms with Gasteiger partial charge in [0.25, 0.3) is 5.91 Å². The molecule has 2 fully saturated rings. The minimum absolute atomic E-state index is 0.0509. The SMILES string of the molecule is C[C@@H](C1CC1)N(Cc1ccccc1)C(=O)CN1C(=O)O[C@]2(CCc3cc(Br)ccc32)C1=O. The van der Waals surface area contributed by atoms with Crippen LogP contribution in [-0.4, -0.2) is 40.3 Å². The van der Waals surface area contributed by atoms with Crippen LogP contribution in [0.2, 0.25) is 0 Å². The van der Waals surface area contributed by atoms with E-state index < -0.39 is 17.6 Å². The second-order valence-corrected chi connectivity index (χ2v) is 9.89. The molecule has 1 saturated carbocycles. The van der Waals surface area contributed by atoms with Crippen LogP contribution in [0.1, 0.15) is 42.9 Å². The summed E-state index contributed by atoms with van der Waals surface area (Å²) in [6.45, 7) is 2.21. The van der Waals surface area contributed by atoms with Crippen molar-refractivity contribution in [3.8, 4) is 0 Å². The van der Waals surface area contributed by atoms with E-state index in [1.54, 1.807) is 4.90 Å². The zero-order valence-electron chi connectivity index (χ0n) is 17.9. The molecule has 1 aliphatic heterocycles. The van der Waals surface area contributed by atoms with Gasteiger partial charge in [-0.15, -0.1) is 0 Å². The first-order chi connectivity index (χ1) is 15.4. The maximum absolute atomic E-state index is 13.4. The molecule has 7 heteroatoms. The quantitative estimate of drug-likeness (QED) is 0.594. The molecule has 3 amide bonds. The van der Waals surface area contributed by atoms with Crippen LogP contribution in [0.3, 0.4) is 0 Å². The van der Waals surface area contributed by atoms with Crippen molar-refractivity contribution in [1.82, 2.24) is 9.80 Å². The normalized spacial score (nSPS) is 22.8. The Morgan fingerprint density at radius 1 is 1.22 bits per heavy atom. The summed E-state index contributed by atoms with van der Waals surface area (Å²) in [5, 5.41) is 0. The lowest BCUT2D eigenvalue weighted by molar-refractivity contribution is -0.143. The Hall–Kier alpha value is -2.67. The fourth-order valence-corrected chi connectivity index (χ4v) is 5.33. The van der Waals surface area contributed by atoms with Gasteiger partial charge < -0.3 is 9.64 Å². The van der Waals surface area contributed by atoms with E-state index in [0.717, 1.165) is 38.9 Å². The highest BCUT2D eigenvalue weighted by Gasteiger charge is 2.58. The summed E-state index contributed by atoms with van der Waals surface area (Å²) < 4.78 is 6.59. The third kappa shape index (κ3) is 3.62. The molecular weight excluding hydrogens is 472 g/mol. The smallest absolute Gasteiger partial charge is 0.418 e. The van der Waals surface area contributed by atoms with E-state index in [-0.39, 0.29) is 18.5 Å². The number of aryl methyl sites for hydroxylation is 1. The van der Waals surface area contributed by atoms with Crippen LogP contribution in [0, 0.1) is 5.92 Å². The molecule has 3 aliphatic rings. The van der Waals surface area contributed by atoms with Gasteiger partial charge in [-0.25, -0.2) is 9.69 Å². The van der Waals surface area contributed by atoms with Gasteiger partial charge in [-0.3, -0.25) is 9.59 Å². The first kappa shape index (κ1) is 21.2. The van der Waals surface area contributed by atoms with Crippen LogP contribution < -0.4 is 0 Å². The van der Waals surface area contributed by atoms with E-state index in [9.17, 15) is 14.4 Å². The Bertz CT molecular complexity index is 1080. The lowest BCUT2D eigenvalue weighted by atomic mass is 9.95. The molecular formula is C25H25BrN2O4. The lowest BCUT2D eigenvalue weighted by Crippen LogP contribution is -2.47. The summed E-state index contributed by atoms with van der Waals surface area (Å²) in [5.41, 5.74) is 1.43. The number of amides is 3. The number of ether oxygens (including phenoxy) is 1. The summed E-state index contributed by atoms with van der Waals surface area (Å²) >= 11 is 3.45. The first-order valence-electron chi connectivity index (χ1n) is 11.1. The van der Waals surface area contributed by atoms with Gasteiger partial charge in [0.1, 0.15) is 6.54 Å². The molecule has 0 bridgehead atoms. The minimum atomic E-state index is -1.31. The third-order valence-corrected chi connectivity index (χ3v) is 7.42. The van der Waals surface area contributed by atoms with Crippen molar-refractivity contribution in [3.05, 3.63) is 69.7 Å². The van der Waals surface area contributed by atoms with E-state index in [4.69, 9.17) is 4.74 Å². The Labute approximate surface area is 195 Å². The van der Waals surface area contributed by atoms with Crippen LogP contribution in [0.5, 0.6) is 0 Å². The van der Waals surface area contributed by atoms with Gasteiger partial charge in [0, 0.05) is 29.0 Å². The van der Waals surface area contributed by atoms with Crippen LogP contribution in [0.25, 0.3) is 0 Å². The van der Waals surface area contributed by atoms with Crippen molar-refractivity contribution in [3.63, 3.8) is 0 Å². The second-order valence-electron chi connectivity index (χ2n) is 8.97. The molecule has 166 valence electrons. The average Bonchev–Trinajstić information content (AvgIpc) is 3.54. The van der Waals surface area contributed by atoms with Gasteiger partial charge in [-0.05, 0) is 55.4 Å². The predicted octanol–water partition coefficient (Wildman–Crippen LogP) is 4.40. The number of benzene rings is 2. The molecule has 5 rings (SSSR count). The molecule has 1 heterocycles. The number of carbonyl (C=O) groups is 3. The van der Waals surface area contributed by atoms with Crippen molar-refractivity contribution < 1.29 is 19.1 Å². The van der Waals surface area contributed by atoms with E-state index in [1.165, 1.54) is 0 Å². The van der Waals surface area contributed by atoms with Crippen molar-refractivity contribution in [2.24, 2.45) is 5.92 Å². The summed E-state index contributed by atoms with van der Waals surface area (Å²) in [6.07, 6.45) is 2.51. The summed E-state index contributed by atoms with van der Waals surface area (Å²) in [5.74, 6) is -0.198. The Kier molecular flexibility index (Phi) is 5.32. The van der Waals surface area contributed by atoms with Gasteiger partial charge >= 0.3 is 6.09 Å². The van der Waals surface area contributed by atoms with Crippen molar-refractivity contribution in [1.29, 1.82) is 0 Å². The Morgan fingerprint density at radius 3 is 2.69 bits per heavy atom. The average molecular weight is 497 g/mol. The van der Waals surface area contributed by atoms with E-state index in [1.807, 2.05) is 48.5 Å². The highest BCUT2D eigenvalue weighted by Crippen LogP contribution is 2.46. The van der Waals surface area contributed by atoms with Gasteiger partial charge in [0.15, 0.2) is 0 Å². The molecule has 6 nitrogen and oxygen atoms in total. The van der Waals surface area contributed by atoms with Gasteiger partial charge in [-0.2, -0.15) is 0 Å². The summed E-state index contributed by atoms with van der Waals surface area (Å²) in [4.78, 5) is 42.4. The third-order valence-electron chi connectivity index (χ3n) is 6.93. The van der Waals surface area contributed by atoms with Crippen molar-refractivity contribution in [2.75, 3.05) is 6.54 Å². The fourth-order valence-electron chi connectivity index (χ4n) is 4.92. The molecule has 2 atom stereocenters. The molecule has 2 aromatic rings. The first-order valence-corrected chi connectivity index (χ1v) is 11.9. The van der Waals surface area contributed by atoms with Gasteiger partial charge in [-0.1, -0.05) is 52.3 Å². The number of rotatable bonds is 6. The number of carbonyl (C=O) groups excluding carboxylic acids is 3. The van der Waals surface area contributed by atoms with Crippen molar-refractivity contribution >= 4 is 33.8 Å². The number of hydrogen-bond acceptors (Lipinski definition) is 4. The van der Waals surface area contributed by atoms with Crippen LogP contribution in [0.15, 0.2) is 53.0 Å². The Morgan fingerprint density at radius 2 is 1.97 bits per heavy atom. The number of halogens is 1. The molecule has 2 aliphatic carbocycles. The zero-order valence-corrected chi connectivity index (χ0v) is 19.5. The molecule has 2 aromatic carbocycles. The molecule has 0 N–H and O–H groups in total. The molecule has 32 heavy (non-hydrogen) atoms. The second kappa shape index (κ2) is 8.03. The topological polar surface area (TPSA) is 66.9 Å². The summed E-state index contributed by atoms with van der Waals surface area (Å²) in [7, 11) is 0. The van der Waals surface area contributed by atoms with Crippen LogP contribution in [0.4, 0.5) is 4.79 Å². The zero-order chi connectivity index (χ0) is 22.5. The number of nitrogens with zero attached hydrogens (tertiary/aromatic N) is 2. The maximum Gasteiger partial charge on any atom is 0.418 e. The predicted molar refractivity (Wildman–Crippen MR) is 122 cm³/mol. The highest BCUT2D eigenvalue weighted by molar-refractivity contribution is 9.10. The fraction of sp³-hybridized carbons (Fsp3) is 0.400. The highest BCUT2D eigenvalue weighted by atomic mass is 79.9. The van der Waals surface area contributed by atoms with Crippen molar-refractivity contribution in [2.45, 2.75) is 50.8 Å². The van der Waals surface area contributed by atoms with E-state index in [0.29, 0.717) is 25.3 Å². The molecule has 1 spiro atoms. The standard InChI is InChI=1S/C25H25BrN2O4/c1-16(18-7-8-18)27(14-17-5-3-2-4-6-17)22(29)15-28-23(30)25(32-24(28)31)12-11-19-13-20(26)9-10-21(19)25/h2-6,9-10,13,16,18H,7-8,11-12,14-15H2,1H3/t16-,25-/m0/s1. The van der Waals surface area contributed by atoms with Crippen LogP contribution in [-0.2, 0) is 32.9 Å². The Balaban J connectivity index is 1.37. The lowest BCUT2D eigenvalue weighted by Gasteiger charge is -2.30. The molecule has 0 aromatic heterocycles. The molecule has 0 unspecified atom stereocenters. The monoisotopic (exact) mass is 496 g/mol.